The van der Waals surface area contributed by atoms with Crippen LogP contribution in [0, 0.1) is 12.3 Å². The maximum Gasteiger partial charge on any atom is 0.303 e. The Kier molecular flexibility index (Phi) is 4.33. The molecule has 0 bridgehead atoms. The van der Waals surface area contributed by atoms with Crippen LogP contribution in [-0.4, -0.2) is 30.1 Å². The number of carbonyl (C=O) groups excluding carboxylic acids is 1. The smallest absolute Gasteiger partial charge is 0.303 e. The molecule has 1 heterocycles. The van der Waals surface area contributed by atoms with E-state index in [1.54, 1.807) is 19.9 Å². The zero-order valence-electron chi connectivity index (χ0n) is 10.4. The number of esters is 1. The third-order valence-corrected chi connectivity index (χ3v) is 2.40. The standard InChI is InChI=1S/C13H18O4/c1-6-8-11(15-9(3)14)12-10(7-2)16-13(4,5)17-12/h1,7,10-12H,2,8H2,3-5H3/t10-,11+,12+/m1/s1. The van der Waals surface area contributed by atoms with Gasteiger partial charge in [0, 0.05) is 13.3 Å². The van der Waals surface area contributed by atoms with Crippen molar-refractivity contribution in [2.24, 2.45) is 0 Å². The molecular weight excluding hydrogens is 220 g/mol. The van der Waals surface area contributed by atoms with Crippen LogP contribution in [-0.2, 0) is 19.0 Å². The predicted molar refractivity (Wildman–Crippen MR) is 63.0 cm³/mol. The van der Waals surface area contributed by atoms with Gasteiger partial charge in [-0.3, -0.25) is 4.79 Å². The summed E-state index contributed by atoms with van der Waals surface area (Å²) < 4.78 is 16.5. The Hall–Kier alpha value is -1.31. The van der Waals surface area contributed by atoms with E-state index in [0.717, 1.165) is 0 Å². The predicted octanol–water partition coefficient (Wildman–Crippen LogP) is 1.65. The van der Waals surface area contributed by atoms with Gasteiger partial charge >= 0.3 is 5.97 Å². The van der Waals surface area contributed by atoms with Crippen LogP contribution < -0.4 is 0 Å². The van der Waals surface area contributed by atoms with Crippen LogP contribution in [0.1, 0.15) is 27.2 Å². The fourth-order valence-corrected chi connectivity index (χ4v) is 1.84. The molecule has 4 nitrogen and oxygen atoms in total. The van der Waals surface area contributed by atoms with E-state index in [1.807, 2.05) is 0 Å². The second-order valence-corrected chi connectivity index (χ2v) is 4.36. The van der Waals surface area contributed by atoms with Crippen LogP contribution in [0.25, 0.3) is 0 Å². The number of carbonyl (C=O) groups is 1. The summed E-state index contributed by atoms with van der Waals surface area (Å²) in [7, 11) is 0. The normalized spacial score (nSPS) is 28.1. The van der Waals surface area contributed by atoms with Crippen molar-refractivity contribution in [3.8, 4) is 12.3 Å². The molecule has 4 heteroatoms. The quantitative estimate of drug-likeness (QED) is 0.424. The monoisotopic (exact) mass is 238 g/mol. The minimum absolute atomic E-state index is 0.286. The molecule has 0 saturated carbocycles. The maximum atomic E-state index is 11.0. The summed E-state index contributed by atoms with van der Waals surface area (Å²) in [5.74, 6) is 1.36. The molecule has 0 unspecified atom stereocenters. The average Bonchev–Trinajstić information content (AvgIpc) is 2.52. The average molecular weight is 238 g/mol. The summed E-state index contributed by atoms with van der Waals surface area (Å²) in [6.07, 6.45) is 5.92. The Morgan fingerprint density at radius 1 is 1.65 bits per heavy atom. The molecule has 0 aromatic carbocycles. The molecule has 1 aliphatic rings. The summed E-state index contributed by atoms with van der Waals surface area (Å²) in [6.45, 7) is 8.62. The maximum absolute atomic E-state index is 11.0. The van der Waals surface area contributed by atoms with Gasteiger partial charge in [-0.25, -0.2) is 0 Å². The number of hydrogen-bond acceptors (Lipinski definition) is 4. The van der Waals surface area contributed by atoms with Crippen molar-refractivity contribution in [2.75, 3.05) is 0 Å². The van der Waals surface area contributed by atoms with Crippen molar-refractivity contribution >= 4 is 5.97 Å². The number of ether oxygens (including phenoxy) is 3. The molecule has 1 aliphatic heterocycles. The zero-order valence-corrected chi connectivity index (χ0v) is 10.4. The van der Waals surface area contributed by atoms with Crippen LogP contribution in [0.3, 0.4) is 0 Å². The number of rotatable bonds is 4. The Balaban J connectivity index is 2.82. The molecule has 3 atom stereocenters. The van der Waals surface area contributed by atoms with Gasteiger partial charge in [-0.15, -0.1) is 18.9 Å². The molecule has 1 saturated heterocycles. The molecule has 1 rings (SSSR count). The van der Waals surface area contributed by atoms with Gasteiger partial charge in [0.15, 0.2) is 5.79 Å². The highest BCUT2D eigenvalue weighted by atomic mass is 16.8. The molecule has 0 aromatic rings. The van der Waals surface area contributed by atoms with Crippen molar-refractivity contribution in [1.82, 2.24) is 0 Å². The van der Waals surface area contributed by atoms with Crippen molar-refractivity contribution < 1.29 is 19.0 Å². The van der Waals surface area contributed by atoms with Crippen LogP contribution in [0.4, 0.5) is 0 Å². The van der Waals surface area contributed by atoms with Crippen molar-refractivity contribution in [3.63, 3.8) is 0 Å². The van der Waals surface area contributed by atoms with E-state index in [-0.39, 0.29) is 18.5 Å². The Morgan fingerprint density at radius 2 is 2.29 bits per heavy atom. The second-order valence-electron chi connectivity index (χ2n) is 4.36. The van der Waals surface area contributed by atoms with Crippen LogP contribution in [0.15, 0.2) is 12.7 Å². The zero-order chi connectivity index (χ0) is 13.1. The highest BCUT2D eigenvalue weighted by molar-refractivity contribution is 5.66. The molecule has 1 fully saturated rings. The minimum atomic E-state index is -0.726. The molecular formula is C13H18O4. The van der Waals surface area contributed by atoms with E-state index in [4.69, 9.17) is 20.6 Å². The van der Waals surface area contributed by atoms with Gasteiger partial charge in [0.25, 0.3) is 0 Å². The second kappa shape index (κ2) is 5.35. The van der Waals surface area contributed by atoms with E-state index < -0.39 is 18.0 Å². The molecule has 0 N–H and O–H groups in total. The van der Waals surface area contributed by atoms with Gasteiger partial charge in [0.2, 0.25) is 0 Å². The molecule has 94 valence electrons. The number of terminal acetylenes is 1. The summed E-state index contributed by atoms with van der Waals surface area (Å²) >= 11 is 0. The summed E-state index contributed by atoms with van der Waals surface area (Å²) in [4.78, 5) is 11.0. The van der Waals surface area contributed by atoms with Gasteiger partial charge in [0.1, 0.15) is 18.3 Å². The van der Waals surface area contributed by atoms with E-state index in [1.165, 1.54) is 6.92 Å². The van der Waals surface area contributed by atoms with Gasteiger partial charge < -0.3 is 14.2 Å². The Labute approximate surface area is 102 Å². The van der Waals surface area contributed by atoms with E-state index in [0.29, 0.717) is 0 Å². The summed E-state index contributed by atoms with van der Waals surface area (Å²) in [5.41, 5.74) is 0. The summed E-state index contributed by atoms with van der Waals surface area (Å²) in [5, 5.41) is 0. The highest BCUT2D eigenvalue weighted by Gasteiger charge is 2.44. The molecule has 0 aliphatic carbocycles. The lowest BCUT2D eigenvalue weighted by molar-refractivity contribution is -0.168. The first-order chi connectivity index (χ1) is 7.89. The lowest BCUT2D eigenvalue weighted by Crippen LogP contribution is -2.37. The summed E-state index contributed by atoms with van der Waals surface area (Å²) in [6, 6.07) is 0. The molecule has 0 amide bonds. The lowest BCUT2D eigenvalue weighted by Gasteiger charge is -2.23. The Morgan fingerprint density at radius 3 is 2.76 bits per heavy atom. The van der Waals surface area contributed by atoms with E-state index in [2.05, 4.69) is 12.5 Å². The Bertz CT molecular complexity index is 340. The van der Waals surface area contributed by atoms with E-state index >= 15 is 0 Å². The van der Waals surface area contributed by atoms with Crippen LogP contribution >= 0.6 is 0 Å². The third kappa shape index (κ3) is 3.58. The molecule has 0 aromatic heterocycles. The van der Waals surface area contributed by atoms with Gasteiger partial charge in [-0.2, -0.15) is 0 Å². The third-order valence-electron chi connectivity index (χ3n) is 2.40. The van der Waals surface area contributed by atoms with Crippen molar-refractivity contribution in [3.05, 3.63) is 12.7 Å². The van der Waals surface area contributed by atoms with Crippen molar-refractivity contribution in [2.45, 2.75) is 51.3 Å². The topological polar surface area (TPSA) is 44.8 Å². The van der Waals surface area contributed by atoms with Gasteiger partial charge in [0.05, 0.1) is 0 Å². The van der Waals surface area contributed by atoms with E-state index in [9.17, 15) is 4.79 Å². The largest absolute Gasteiger partial charge is 0.459 e. The van der Waals surface area contributed by atoms with Crippen LogP contribution in [0.5, 0.6) is 0 Å². The first-order valence-electron chi connectivity index (χ1n) is 5.48. The minimum Gasteiger partial charge on any atom is -0.459 e. The van der Waals surface area contributed by atoms with Crippen LogP contribution in [0.2, 0.25) is 0 Å². The first kappa shape index (κ1) is 13.8. The van der Waals surface area contributed by atoms with Crippen molar-refractivity contribution in [1.29, 1.82) is 0 Å². The molecule has 17 heavy (non-hydrogen) atoms. The lowest BCUT2D eigenvalue weighted by atomic mass is 10.1. The number of hydrogen-bond donors (Lipinski definition) is 0. The first-order valence-corrected chi connectivity index (χ1v) is 5.48. The van der Waals surface area contributed by atoms with Gasteiger partial charge in [-0.05, 0) is 13.8 Å². The molecule has 0 radical (unpaired) electrons. The highest BCUT2D eigenvalue weighted by Crippen LogP contribution is 2.32. The SMILES string of the molecule is C#CC[C@H](OC(C)=O)[C@H]1OC(C)(C)O[C@@H]1C=C. The van der Waals surface area contributed by atoms with Gasteiger partial charge in [-0.1, -0.05) is 6.08 Å². The fourth-order valence-electron chi connectivity index (χ4n) is 1.84. The fraction of sp³-hybridized carbons (Fsp3) is 0.615. The molecule has 0 spiro atoms.